The molecule has 11 heavy (non-hydrogen) atoms. The Morgan fingerprint density at radius 1 is 1.55 bits per heavy atom. The first kappa shape index (κ1) is 8.65. The van der Waals surface area contributed by atoms with Crippen LogP contribution in [0, 0.1) is 0 Å². The van der Waals surface area contributed by atoms with Crippen molar-refractivity contribution >= 4 is 6.29 Å². The van der Waals surface area contributed by atoms with E-state index in [-0.39, 0.29) is 0 Å². The third-order valence-electron chi connectivity index (χ3n) is 2.23. The first-order valence-electron chi connectivity index (χ1n) is 3.99. The van der Waals surface area contributed by atoms with E-state index in [4.69, 9.17) is 0 Å². The maximum atomic E-state index is 13.2. The summed E-state index contributed by atoms with van der Waals surface area (Å²) in [4.78, 5) is 12.1. The van der Waals surface area contributed by atoms with Gasteiger partial charge in [0.2, 0.25) is 0 Å². The molecule has 0 aromatic heterocycles. The predicted octanol–water partition coefficient (Wildman–Crippen LogP) is 1.01. The van der Waals surface area contributed by atoms with E-state index in [2.05, 4.69) is 0 Å². The molecular formula is C8H14FNO. The third-order valence-corrected chi connectivity index (χ3v) is 2.23. The lowest BCUT2D eigenvalue weighted by Gasteiger charge is -2.32. The molecule has 0 saturated carbocycles. The first-order valence-corrected chi connectivity index (χ1v) is 3.99. The Morgan fingerprint density at radius 3 is 2.55 bits per heavy atom. The molecule has 3 heteroatoms. The molecule has 0 aliphatic carbocycles. The molecule has 64 valence electrons. The van der Waals surface area contributed by atoms with E-state index in [0.717, 1.165) is 6.29 Å². The van der Waals surface area contributed by atoms with Gasteiger partial charge in [0.15, 0.2) is 0 Å². The molecule has 0 spiro atoms. The quantitative estimate of drug-likeness (QED) is 0.560. The van der Waals surface area contributed by atoms with Crippen molar-refractivity contribution in [3.8, 4) is 0 Å². The summed E-state index contributed by atoms with van der Waals surface area (Å²) in [6, 6.07) is 0. The number of aldehydes is 1. The summed E-state index contributed by atoms with van der Waals surface area (Å²) in [6.45, 7) is 3.51. The van der Waals surface area contributed by atoms with E-state index in [1.165, 1.54) is 0 Å². The predicted molar refractivity (Wildman–Crippen MR) is 41.3 cm³/mol. The molecule has 1 fully saturated rings. The lowest BCUT2D eigenvalue weighted by Crippen LogP contribution is -2.40. The Morgan fingerprint density at radius 2 is 2.09 bits per heavy atom. The van der Waals surface area contributed by atoms with Crippen LogP contribution in [0.4, 0.5) is 4.39 Å². The molecule has 1 saturated heterocycles. The molecule has 1 heterocycles. The second-order valence-corrected chi connectivity index (χ2v) is 3.38. The molecule has 0 atom stereocenters. The van der Waals surface area contributed by atoms with E-state index in [1.807, 2.05) is 4.90 Å². The van der Waals surface area contributed by atoms with Crippen molar-refractivity contribution in [2.75, 3.05) is 19.6 Å². The van der Waals surface area contributed by atoms with Crippen LogP contribution in [0.5, 0.6) is 0 Å². The maximum Gasteiger partial charge on any atom is 0.133 e. The van der Waals surface area contributed by atoms with Gasteiger partial charge in [0, 0.05) is 13.1 Å². The van der Waals surface area contributed by atoms with Gasteiger partial charge in [-0.25, -0.2) is 4.39 Å². The molecule has 0 radical (unpaired) electrons. The van der Waals surface area contributed by atoms with E-state index in [0.29, 0.717) is 32.5 Å². The third kappa shape index (κ3) is 2.58. The van der Waals surface area contributed by atoms with Crippen molar-refractivity contribution in [2.45, 2.75) is 25.4 Å². The highest BCUT2D eigenvalue weighted by atomic mass is 19.1. The highest BCUT2D eigenvalue weighted by molar-refractivity contribution is 5.51. The van der Waals surface area contributed by atoms with E-state index in [9.17, 15) is 9.18 Å². The summed E-state index contributed by atoms with van der Waals surface area (Å²) in [5, 5.41) is 0. The Labute approximate surface area is 66.4 Å². The molecule has 0 aromatic rings. The summed E-state index contributed by atoms with van der Waals surface area (Å²) < 4.78 is 13.2. The average Bonchev–Trinajstić information content (AvgIpc) is 1.94. The molecule has 2 nitrogen and oxygen atoms in total. The van der Waals surface area contributed by atoms with Gasteiger partial charge < -0.3 is 4.79 Å². The van der Waals surface area contributed by atoms with Crippen LogP contribution in [0.25, 0.3) is 0 Å². The summed E-state index contributed by atoms with van der Waals surface area (Å²) in [5.74, 6) is 0. The first-order chi connectivity index (χ1) is 5.14. The molecule has 0 amide bonds. The fraction of sp³-hybridized carbons (Fsp3) is 0.875. The minimum Gasteiger partial charge on any atom is -0.302 e. The number of hydrogen-bond donors (Lipinski definition) is 0. The van der Waals surface area contributed by atoms with Crippen LogP contribution in [0.15, 0.2) is 0 Å². The van der Waals surface area contributed by atoms with Crippen LogP contribution in [0.1, 0.15) is 19.8 Å². The number of piperidine rings is 1. The molecular weight excluding hydrogens is 145 g/mol. The molecule has 1 rings (SSSR count). The molecule has 0 unspecified atom stereocenters. The van der Waals surface area contributed by atoms with E-state index < -0.39 is 5.67 Å². The van der Waals surface area contributed by atoms with Crippen LogP contribution < -0.4 is 0 Å². The van der Waals surface area contributed by atoms with Gasteiger partial charge in [-0.05, 0) is 19.8 Å². The minimum atomic E-state index is -1.00. The van der Waals surface area contributed by atoms with Gasteiger partial charge in [0.05, 0.1) is 6.54 Å². The zero-order chi connectivity index (χ0) is 8.32. The van der Waals surface area contributed by atoms with Crippen molar-refractivity contribution in [1.82, 2.24) is 4.90 Å². The van der Waals surface area contributed by atoms with Gasteiger partial charge in [-0.2, -0.15) is 0 Å². The molecule has 1 aliphatic rings. The maximum absolute atomic E-state index is 13.2. The van der Waals surface area contributed by atoms with E-state index >= 15 is 0 Å². The SMILES string of the molecule is CC1(F)CCN(CC=O)CC1. The van der Waals surface area contributed by atoms with Crippen molar-refractivity contribution in [3.05, 3.63) is 0 Å². The number of halogens is 1. The number of rotatable bonds is 2. The Bertz CT molecular complexity index is 137. The van der Waals surface area contributed by atoms with Gasteiger partial charge in [-0.3, -0.25) is 4.90 Å². The number of hydrogen-bond acceptors (Lipinski definition) is 2. The number of alkyl halides is 1. The number of nitrogens with zero attached hydrogens (tertiary/aromatic N) is 1. The second-order valence-electron chi connectivity index (χ2n) is 3.38. The second kappa shape index (κ2) is 3.30. The fourth-order valence-electron chi connectivity index (χ4n) is 1.31. The van der Waals surface area contributed by atoms with E-state index in [1.54, 1.807) is 6.92 Å². The topological polar surface area (TPSA) is 20.3 Å². The molecule has 0 bridgehead atoms. The Balaban J connectivity index is 2.30. The summed E-state index contributed by atoms with van der Waals surface area (Å²) in [7, 11) is 0. The smallest absolute Gasteiger partial charge is 0.133 e. The Kier molecular flexibility index (Phi) is 2.60. The van der Waals surface area contributed by atoms with Crippen LogP contribution in [0.3, 0.4) is 0 Å². The largest absolute Gasteiger partial charge is 0.302 e. The van der Waals surface area contributed by atoms with Crippen LogP contribution in [-0.2, 0) is 4.79 Å². The summed E-state index contributed by atoms with van der Waals surface area (Å²) >= 11 is 0. The van der Waals surface area contributed by atoms with Gasteiger partial charge in [-0.1, -0.05) is 0 Å². The zero-order valence-electron chi connectivity index (χ0n) is 6.85. The summed E-state index contributed by atoms with van der Waals surface area (Å²) in [6.07, 6.45) is 1.99. The lowest BCUT2D eigenvalue weighted by atomic mass is 9.96. The van der Waals surface area contributed by atoms with Crippen LogP contribution in [-0.4, -0.2) is 36.5 Å². The van der Waals surface area contributed by atoms with Crippen molar-refractivity contribution < 1.29 is 9.18 Å². The number of carbonyl (C=O) groups excluding carboxylic acids is 1. The highest BCUT2D eigenvalue weighted by Crippen LogP contribution is 2.24. The van der Waals surface area contributed by atoms with Crippen molar-refractivity contribution in [2.24, 2.45) is 0 Å². The Hall–Kier alpha value is -0.440. The zero-order valence-corrected chi connectivity index (χ0v) is 6.85. The lowest BCUT2D eigenvalue weighted by molar-refractivity contribution is -0.109. The minimum absolute atomic E-state index is 0.454. The van der Waals surface area contributed by atoms with Gasteiger partial charge in [0.1, 0.15) is 12.0 Å². The molecule has 0 N–H and O–H groups in total. The fourth-order valence-corrected chi connectivity index (χ4v) is 1.31. The monoisotopic (exact) mass is 159 g/mol. The highest BCUT2D eigenvalue weighted by Gasteiger charge is 2.28. The van der Waals surface area contributed by atoms with Crippen LogP contribution >= 0.6 is 0 Å². The molecule has 0 aromatic carbocycles. The normalized spacial score (nSPS) is 24.9. The van der Waals surface area contributed by atoms with Crippen molar-refractivity contribution in [3.63, 3.8) is 0 Å². The van der Waals surface area contributed by atoms with Gasteiger partial charge in [-0.15, -0.1) is 0 Å². The molecule has 1 aliphatic heterocycles. The number of carbonyl (C=O) groups is 1. The van der Waals surface area contributed by atoms with Gasteiger partial charge in [0.25, 0.3) is 0 Å². The standard InChI is InChI=1S/C8H14FNO/c1-8(9)2-4-10(5-3-8)6-7-11/h7H,2-6H2,1H3. The van der Waals surface area contributed by atoms with Crippen LogP contribution in [0.2, 0.25) is 0 Å². The number of likely N-dealkylation sites (tertiary alicyclic amines) is 1. The van der Waals surface area contributed by atoms with Crippen molar-refractivity contribution in [1.29, 1.82) is 0 Å². The average molecular weight is 159 g/mol. The summed E-state index contributed by atoms with van der Waals surface area (Å²) in [5.41, 5.74) is -1.00. The van der Waals surface area contributed by atoms with Gasteiger partial charge >= 0.3 is 0 Å².